The Bertz CT molecular complexity index is 615. The molecule has 23 heavy (non-hydrogen) atoms. The van der Waals surface area contributed by atoms with E-state index in [1.807, 2.05) is 41.8 Å². The van der Waals surface area contributed by atoms with Gasteiger partial charge in [-0.15, -0.1) is 11.3 Å². The second kappa shape index (κ2) is 8.16. The number of amides is 1. The van der Waals surface area contributed by atoms with Crippen LogP contribution >= 0.6 is 11.3 Å². The molecule has 4 heteroatoms. The summed E-state index contributed by atoms with van der Waals surface area (Å²) in [4.78, 5) is 13.1. The van der Waals surface area contributed by atoms with Crippen LogP contribution in [0, 0.1) is 0 Å². The average molecular weight is 329 g/mol. The van der Waals surface area contributed by atoms with E-state index in [0.29, 0.717) is 12.6 Å². The fourth-order valence-electron chi connectivity index (χ4n) is 2.93. The topological polar surface area (TPSA) is 38.3 Å². The van der Waals surface area contributed by atoms with Gasteiger partial charge in [0.2, 0.25) is 0 Å². The van der Waals surface area contributed by atoms with Crippen LogP contribution in [0.5, 0.6) is 5.75 Å². The van der Waals surface area contributed by atoms with E-state index in [1.54, 1.807) is 0 Å². The Hall–Kier alpha value is -1.81. The summed E-state index contributed by atoms with van der Waals surface area (Å²) in [5.41, 5.74) is 1.05. The van der Waals surface area contributed by atoms with E-state index in [0.717, 1.165) is 29.0 Å². The average Bonchev–Trinajstić information content (AvgIpc) is 2.92. The molecular weight excluding hydrogens is 306 g/mol. The number of benzene rings is 1. The lowest BCUT2D eigenvalue weighted by Crippen LogP contribution is -2.33. The molecule has 1 aliphatic carbocycles. The van der Waals surface area contributed by atoms with E-state index in [-0.39, 0.29) is 5.91 Å². The number of hydrogen-bond acceptors (Lipinski definition) is 3. The van der Waals surface area contributed by atoms with E-state index >= 15 is 0 Å². The van der Waals surface area contributed by atoms with Gasteiger partial charge in [-0.2, -0.15) is 0 Å². The highest BCUT2D eigenvalue weighted by Gasteiger charge is 2.17. The van der Waals surface area contributed by atoms with Crippen LogP contribution in [-0.4, -0.2) is 11.9 Å². The van der Waals surface area contributed by atoms with Crippen LogP contribution < -0.4 is 10.1 Å². The molecular formula is C19H23NO2S. The Morgan fingerprint density at radius 1 is 1.13 bits per heavy atom. The van der Waals surface area contributed by atoms with Gasteiger partial charge in [-0.1, -0.05) is 43.9 Å². The minimum atomic E-state index is 0.0628. The highest BCUT2D eigenvalue weighted by Crippen LogP contribution is 2.20. The zero-order valence-electron chi connectivity index (χ0n) is 13.3. The summed E-state index contributed by atoms with van der Waals surface area (Å²) in [6, 6.07) is 12.0. The zero-order chi connectivity index (χ0) is 15.9. The van der Waals surface area contributed by atoms with Crippen molar-refractivity contribution in [2.24, 2.45) is 0 Å². The van der Waals surface area contributed by atoms with Crippen molar-refractivity contribution in [3.8, 4) is 5.75 Å². The predicted octanol–water partition coefficient (Wildman–Crippen LogP) is 4.78. The highest BCUT2D eigenvalue weighted by atomic mass is 32.1. The maximum absolute atomic E-state index is 12.4. The molecule has 0 atom stereocenters. The third kappa shape index (κ3) is 4.83. The van der Waals surface area contributed by atoms with E-state index in [9.17, 15) is 4.79 Å². The molecule has 1 N–H and O–H groups in total. The number of thiophene rings is 1. The summed E-state index contributed by atoms with van der Waals surface area (Å²) in [7, 11) is 0. The predicted molar refractivity (Wildman–Crippen MR) is 94.0 cm³/mol. The van der Waals surface area contributed by atoms with Crippen molar-refractivity contribution in [3.63, 3.8) is 0 Å². The van der Waals surface area contributed by atoms with Gasteiger partial charge in [-0.3, -0.25) is 4.79 Å². The van der Waals surface area contributed by atoms with Crippen molar-refractivity contribution in [2.75, 3.05) is 0 Å². The summed E-state index contributed by atoms with van der Waals surface area (Å²) in [6.45, 7) is 0.497. The molecule has 1 aliphatic rings. The van der Waals surface area contributed by atoms with Crippen LogP contribution in [0.15, 0.2) is 41.8 Å². The fraction of sp³-hybridized carbons (Fsp3) is 0.421. The summed E-state index contributed by atoms with van der Waals surface area (Å²) in [6.07, 6.45) is 7.28. The number of carbonyl (C=O) groups is 1. The molecule has 0 bridgehead atoms. The number of rotatable bonds is 5. The summed E-state index contributed by atoms with van der Waals surface area (Å²) in [5.74, 6) is 0.913. The Kier molecular flexibility index (Phi) is 5.70. The first-order chi connectivity index (χ1) is 11.3. The first-order valence-corrected chi connectivity index (χ1v) is 9.25. The first-order valence-electron chi connectivity index (χ1n) is 8.37. The lowest BCUT2D eigenvalue weighted by Gasteiger charge is -2.15. The van der Waals surface area contributed by atoms with Crippen LogP contribution in [0.1, 0.15) is 53.8 Å². The van der Waals surface area contributed by atoms with Gasteiger partial charge in [-0.25, -0.2) is 0 Å². The maximum Gasteiger partial charge on any atom is 0.261 e. The second-order valence-electron chi connectivity index (χ2n) is 6.08. The minimum Gasteiger partial charge on any atom is -0.489 e. The molecule has 2 aromatic rings. The maximum atomic E-state index is 12.4. The number of nitrogens with one attached hydrogen (secondary N) is 1. The van der Waals surface area contributed by atoms with E-state index in [1.165, 1.54) is 37.0 Å². The van der Waals surface area contributed by atoms with Gasteiger partial charge in [0.05, 0.1) is 4.88 Å². The molecule has 1 heterocycles. The van der Waals surface area contributed by atoms with Crippen LogP contribution in [0.25, 0.3) is 0 Å². The molecule has 1 amide bonds. The number of hydrogen-bond donors (Lipinski definition) is 1. The van der Waals surface area contributed by atoms with Gasteiger partial charge in [0.25, 0.3) is 5.91 Å². The van der Waals surface area contributed by atoms with Gasteiger partial charge in [-0.05, 0) is 36.4 Å². The molecule has 122 valence electrons. The molecule has 1 aromatic carbocycles. The lowest BCUT2D eigenvalue weighted by molar-refractivity contribution is 0.0937. The minimum absolute atomic E-state index is 0.0628. The van der Waals surface area contributed by atoms with Crippen molar-refractivity contribution >= 4 is 17.2 Å². The smallest absolute Gasteiger partial charge is 0.261 e. The van der Waals surface area contributed by atoms with Crippen molar-refractivity contribution in [1.82, 2.24) is 5.32 Å². The molecule has 3 nitrogen and oxygen atoms in total. The third-order valence-corrected chi connectivity index (χ3v) is 5.19. The molecule has 0 saturated heterocycles. The first kappa shape index (κ1) is 16.1. The molecule has 0 spiro atoms. The van der Waals surface area contributed by atoms with Crippen molar-refractivity contribution < 1.29 is 9.53 Å². The standard InChI is InChI=1S/C19H23NO2S/c21-19(20-16-8-4-1-2-5-9-16)18-12-15(14-23-18)13-22-17-10-6-3-7-11-17/h3,6-7,10-12,14,16H,1-2,4-5,8-9,13H2,(H,20,21). The van der Waals surface area contributed by atoms with Crippen molar-refractivity contribution in [1.29, 1.82) is 0 Å². The van der Waals surface area contributed by atoms with Crippen LogP contribution in [0.4, 0.5) is 0 Å². The number of para-hydroxylation sites is 1. The van der Waals surface area contributed by atoms with Crippen molar-refractivity contribution in [2.45, 2.75) is 51.2 Å². The van der Waals surface area contributed by atoms with Gasteiger partial charge < -0.3 is 10.1 Å². The van der Waals surface area contributed by atoms with Crippen molar-refractivity contribution in [3.05, 3.63) is 52.2 Å². The Morgan fingerprint density at radius 3 is 2.61 bits per heavy atom. The highest BCUT2D eigenvalue weighted by molar-refractivity contribution is 7.12. The van der Waals surface area contributed by atoms with Crippen LogP contribution in [0.3, 0.4) is 0 Å². The molecule has 0 radical (unpaired) electrons. The molecule has 0 unspecified atom stereocenters. The van der Waals surface area contributed by atoms with E-state index < -0.39 is 0 Å². The molecule has 1 saturated carbocycles. The number of ether oxygens (including phenoxy) is 1. The Morgan fingerprint density at radius 2 is 1.87 bits per heavy atom. The molecule has 3 rings (SSSR count). The summed E-state index contributed by atoms with van der Waals surface area (Å²) >= 11 is 1.49. The van der Waals surface area contributed by atoms with Crippen LogP contribution in [0.2, 0.25) is 0 Å². The third-order valence-electron chi connectivity index (χ3n) is 4.22. The van der Waals surface area contributed by atoms with Crippen LogP contribution in [-0.2, 0) is 6.61 Å². The molecule has 0 aliphatic heterocycles. The lowest BCUT2D eigenvalue weighted by atomic mass is 10.1. The molecule has 1 aromatic heterocycles. The summed E-state index contributed by atoms with van der Waals surface area (Å²) < 4.78 is 5.73. The second-order valence-corrected chi connectivity index (χ2v) is 6.99. The van der Waals surface area contributed by atoms with Gasteiger partial charge in [0.1, 0.15) is 12.4 Å². The zero-order valence-corrected chi connectivity index (χ0v) is 14.1. The van der Waals surface area contributed by atoms with E-state index in [4.69, 9.17) is 4.74 Å². The van der Waals surface area contributed by atoms with Gasteiger partial charge in [0, 0.05) is 11.6 Å². The quantitative estimate of drug-likeness (QED) is 0.802. The monoisotopic (exact) mass is 329 g/mol. The van der Waals surface area contributed by atoms with Gasteiger partial charge >= 0.3 is 0 Å². The normalized spacial score (nSPS) is 15.8. The molecule has 1 fully saturated rings. The SMILES string of the molecule is O=C(NC1CCCCCC1)c1cc(COc2ccccc2)cs1. The Balaban J connectivity index is 1.52. The fourth-order valence-corrected chi connectivity index (χ4v) is 3.73. The van der Waals surface area contributed by atoms with E-state index in [2.05, 4.69) is 5.32 Å². The number of carbonyl (C=O) groups excluding carboxylic acids is 1. The largest absolute Gasteiger partial charge is 0.489 e. The van der Waals surface area contributed by atoms with Gasteiger partial charge in [0.15, 0.2) is 0 Å². The summed E-state index contributed by atoms with van der Waals surface area (Å²) in [5, 5.41) is 5.20. The Labute approximate surface area is 141 Å².